The zero-order valence-corrected chi connectivity index (χ0v) is 15.9. The summed E-state index contributed by atoms with van der Waals surface area (Å²) in [6.45, 7) is 0. The van der Waals surface area contributed by atoms with E-state index in [1.54, 1.807) is 0 Å². The van der Waals surface area contributed by atoms with E-state index in [2.05, 4.69) is 91.0 Å². The van der Waals surface area contributed by atoms with Crippen molar-refractivity contribution in [3.63, 3.8) is 0 Å². The monoisotopic (exact) mass is 409 g/mol. The first-order valence-electron chi connectivity index (χ1n) is 7.39. The van der Waals surface area contributed by atoms with E-state index < -0.39 is 19.2 Å². The van der Waals surface area contributed by atoms with Gasteiger partial charge in [-0.15, -0.1) is 0 Å². The van der Waals surface area contributed by atoms with Crippen LogP contribution in [0.3, 0.4) is 0 Å². The van der Waals surface area contributed by atoms with E-state index in [0.29, 0.717) is 0 Å². The maximum atomic E-state index is 5.57. The Balaban J connectivity index is 2.31. The second kappa shape index (κ2) is 7.29. The molecule has 0 spiro atoms. The van der Waals surface area contributed by atoms with Crippen molar-refractivity contribution in [2.45, 2.75) is 9.85 Å². The van der Waals surface area contributed by atoms with Crippen molar-refractivity contribution in [1.82, 2.24) is 0 Å². The van der Waals surface area contributed by atoms with Crippen LogP contribution in [-0.4, -0.2) is 19.2 Å². The molecule has 0 amide bonds. The summed E-state index contributed by atoms with van der Waals surface area (Å²) in [5.41, 5.74) is 3.94. The molecule has 22 heavy (non-hydrogen) atoms. The standard InChI is InChI=1S/C20H17.S.Sn/c1-20(17-11-5-2-6-12-17,18-13-7-3-8-14-18)19-15-9-4-10-16-19;;/h2-16H,1H2;;. The Morgan fingerprint density at radius 3 is 1.18 bits per heavy atom. The number of hydrogen-bond acceptors (Lipinski definition) is 1. The van der Waals surface area contributed by atoms with Crippen LogP contribution in [0.5, 0.6) is 0 Å². The van der Waals surface area contributed by atoms with Crippen molar-refractivity contribution in [1.29, 1.82) is 0 Å². The molecule has 3 aromatic rings. The third kappa shape index (κ3) is 2.92. The van der Waals surface area contributed by atoms with Crippen LogP contribution in [0, 0.1) is 0 Å². The van der Waals surface area contributed by atoms with Gasteiger partial charge in [-0.2, -0.15) is 0 Å². The van der Waals surface area contributed by atoms with Crippen LogP contribution in [0.1, 0.15) is 16.7 Å². The molecule has 0 unspecified atom stereocenters. The summed E-state index contributed by atoms with van der Waals surface area (Å²) in [5.74, 6) is 0. The average molecular weight is 408 g/mol. The molecule has 0 aromatic heterocycles. The molecule has 0 aliphatic carbocycles. The Hall–Kier alpha value is -1.32. The van der Waals surface area contributed by atoms with Gasteiger partial charge in [-0.05, 0) is 0 Å². The Bertz CT molecular complexity index is 627. The molecule has 0 atom stereocenters. The van der Waals surface area contributed by atoms with Crippen LogP contribution in [0.25, 0.3) is 0 Å². The van der Waals surface area contributed by atoms with E-state index in [-0.39, 0.29) is 5.41 Å². The first kappa shape index (κ1) is 15.6. The van der Waals surface area contributed by atoms with Crippen molar-refractivity contribution >= 4 is 28.5 Å². The SMILES string of the molecule is [S]=[Sn][CH2]C(c1ccccc1)(c1ccccc1)c1ccccc1. The van der Waals surface area contributed by atoms with E-state index in [4.69, 9.17) is 9.29 Å². The Morgan fingerprint density at radius 2 is 0.909 bits per heavy atom. The van der Waals surface area contributed by atoms with Crippen molar-refractivity contribution in [3.05, 3.63) is 108 Å². The van der Waals surface area contributed by atoms with Gasteiger partial charge in [0.05, 0.1) is 0 Å². The van der Waals surface area contributed by atoms with Gasteiger partial charge in [-0.25, -0.2) is 0 Å². The minimum atomic E-state index is -0.820. The molecule has 107 valence electrons. The molecule has 0 fully saturated rings. The molecule has 1 radical (unpaired) electrons. The summed E-state index contributed by atoms with van der Waals surface area (Å²) in [4.78, 5) is 0. The summed E-state index contributed by atoms with van der Waals surface area (Å²) in [7, 11) is 5.57. The molecular weight excluding hydrogens is 391 g/mol. The number of benzene rings is 3. The van der Waals surface area contributed by atoms with Crippen LogP contribution in [-0.2, 0) is 5.41 Å². The van der Waals surface area contributed by atoms with Gasteiger partial charge < -0.3 is 0 Å². The fourth-order valence-corrected chi connectivity index (χ4v) is 6.90. The zero-order valence-electron chi connectivity index (χ0n) is 12.3. The molecule has 0 N–H and O–H groups in total. The molecule has 0 heterocycles. The van der Waals surface area contributed by atoms with Gasteiger partial charge in [0.2, 0.25) is 0 Å². The second-order valence-corrected chi connectivity index (χ2v) is 9.09. The molecule has 0 aliphatic heterocycles. The first-order valence-corrected chi connectivity index (χ1v) is 13.3. The van der Waals surface area contributed by atoms with Gasteiger partial charge >= 0.3 is 146 Å². The predicted molar refractivity (Wildman–Crippen MR) is 97.4 cm³/mol. The average Bonchev–Trinajstić information content (AvgIpc) is 2.62. The third-order valence-corrected chi connectivity index (χ3v) is 7.03. The van der Waals surface area contributed by atoms with Gasteiger partial charge in [0.15, 0.2) is 0 Å². The topological polar surface area (TPSA) is 0 Å². The Morgan fingerprint density at radius 1 is 0.591 bits per heavy atom. The van der Waals surface area contributed by atoms with Crippen LogP contribution in [0.15, 0.2) is 91.0 Å². The number of hydrogen-bond donors (Lipinski definition) is 0. The molecule has 3 rings (SSSR count). The maximum absolute atomic E-state index is 5.57. The third-order valence-electron chi connectivity index (χ3n) is 4.14. The summed E-state index contributed by atoms with van der Waals surface area (Å²) in [6, 6.07) is 32.5. The summed E-state index contributed by atoms with van der Waals surface area (Å²) in [5, 5.41) is 0. The predicted octanol–water partition coefficient (Wildman–Crippen LogP) is 5.26. The van der Waals surface area contributed by atoms with Gasteiger partial charge in [-0.1, -0.05) is 0 Å². The molecular formula is C20H17SSn. The normalized spacial score (nSPS) is 11.1. The van der Waals surface area contributed by atoms with E-state index >= 15 is 0 Å². The van der Waals surface area contributed by atoms with E-state index in [1.807, 2.05) is 0 Å². The Labute approximate surface area is 145 Å². The fraction of sp³-hybridized carbons (Fsp3) is 0.100. The number of rotatable bonds is 5. The minimum absolute atomic E-state index is 0.0995. The van der Waals surface area contributed by atoms with Crippen molar-refractivity contribution in [2.75, 3.05) is 0 Å². The van der Waals surface area contributed by atoms with Gasteiger partial charge in [0.1, 0.15) is 0 Å². The molecule has 0 saturated carbocycles. The van der Waals surface area contributed by atoms with E-state index in [1.165, 1.54) is 16.7 Å². The zero-order chi connectivity index (χ0) is 15.3. The summed E-state index contributed by atoms with van der Waals surface area (Å²) in [6.07, 6.45) is 0. The van der Waals surface area contributed by atoms with Crippen molar-refractivity contribution < 1.29 is 0 Å². The molecule has 2 heteroatoms. The molecule has 0 aliphatic rings. The molecule has 0 nitrogen and oxygen atoms in total. The van der Waals surface area contributed by atoms with Crippen molar-refractivity contribution in [2.24, 2.45) is 0 Å². The quantitative estimate of drug-likeness (QED) is 0.410. The molecule has 0 bridgehead atoms. The van der Waals surface area contributed by atoms with Crippen molar-refractivity contribution in [3.8, 4) is 0 Å². The molecule has 3 aromatic carbocycles. The first-order chi connectivity index (χ1) is 10.9. The van der Waals surface area contributed by atoms with Gasteiger partial charge in [0.25, 0.3) is 0 Å². The van der Waals surface area contributed by atoms with Gasteiger partial charge in [0, 0.05) is 0 Å². The van der Waals surface area contributed by atoms with E-state index in [0.717, 1.165) is 4.44 Å². The van der Waals surface area contributed by atoms with Crippen LogP contribution < -0.4 is 0 Å². The summed E-state index contributed by atoms with van der Waals surface area (Å²) < 4.78 is 1.09. The second-order valence-electron chi connectivity index (χ2n) is 5.32. The molecule has 0 saturated heterocycles. The summed E-state index contributed by atoms with van der Waals surface area (Å²) >= 11 is -0.820. The van der Waals surface area contributed by atoms with Crippen LogP contribution in [0.4, 0.5) is 0 Å². The van der Waals surface area contributed by atoms with Crippen LogP contribution in [0.2, 0.25) is 4.44 Å². The van der Waals surface area contributed by atoms with Gasteiger partial charge in [-0.3, -0.25) is 0 Å². The fourth-order valence-electron chi connectivity index (χ4n) is 3.08. The van der Waals surface area contributed by atoms with Crippen LogP contribution >= 0.6 is 9.29 Å². The Kier molecular flexibility index (Phi) is 5.16. The van der Waals surface area contributed by atoms with E-state index in [9.17, 15) is 0 Å².